The van der Waals surface area contributed by atoms with Crippen molar-refractivity contribution in [3.8, 4) is 0 Å². The van der Waals surface area contributed by atoms with E-state index in [1.165, 1.54) is 29.1 Å². The van der Waals surface area contributed by atoms with Crippen LogP contribution in [0, 0.1) is 12.8 Å². The van der Waals surface area contributed by atoms with E-state index in [1.807, 2.05) is 0 Å². The van der Waals surface area contributed by atoms with E-state index in [1.54, 1.807) is 18.4 Å². The molecule has 2 aliphatic rings. The van der Waals surface area contributed by atoms with E-state index in [9.17, 15) is 0 Å². The van der Waals surface area contributed by atoms with Crippen molar-refractivity contribution in [1.29, 1.82) is 0 Å². The van der Waals surface area contributed by atoms with Gasteiger partial charge < -0.3 is 4.74 Å². The van der Waals surface area contributed by atoms with E-state index in [4.69, 9.17) is 4.74 Å². The summed E-state index contributed by atoms with van der Waals surface area (Å²) in [6, 6.07) is 0.286. The van der Waals surface area contributed by atoms with Gasteiger partial charge in [0.05, 0.1) is 31.1 Å². The summed E-state index contributed by atoms with van der Waals surface area (Å²) in [5.41, 5.74) is 3.89. The predicted molar refractivity (Wildman–Crippen MR) is 90.5 cm³/mol. The maximum absolute atomic E-state index is 5.56. The second kappa shape index (κ2) is 6.34. The molecular weight excluding hydrogens is 308 g/mol. The molecule has 0 saturated heterocycles. The summed E-state index contributed by atoms with van der Waals surface area (Å²) in [5, 5.41) is 8.00. The molecule has 1 aliphatic heterocycles. The van der Waals surface area contributed by atoms with Crippen molar-refractivity contribution in [2.45, 2.75) is 45.3 Å². The van der Waals surface area contributed by atoms with Gasteiger partial charge in [-0.2, -0.15) is 5.10 Å². The Morgan fingerprint density at radius 2 is 2.26 bits per heavy atom. The van der Waals surface area contributed by atoms with Crippen LogP contribution in [0.15, 0.2) is 11.6 Å². The molecule has 6 heteroatoms. The molecule has 1 fully saturated rings. The van der Waals surface area contributed by atoms with Crippen LogP contribution in [-0.4, -0.2) is 39.9 Å². The summed E-state index contributed by atoms with van der Waals surface area (Å²) >= 11 is 1.76. The molecule has 124 valence electrons. The first kappa shape index (κ1) is 15.3. The maximum atomic E-state index is 5.56. The van der Waals surface area contributed by atoms with Crippen LogP contribution in [0.3, 0.4) is 0 Å². The van der Waals surface area contributed by atoms with Crippen LogP contribution in [0.4, 0.5) is 0 Å². The zero-order valence-electron chi connectivity index (χ0n) is 13.9. The number of aromatic nitrogens is 3. The number of rotatable bonds is 6. The molecule has 0 aromatic carbocycles. The van der Waals surface area contributed by atoms with Crippen LogP contribution in [0.25, 0.3) is 0 Å². The van der Waals surface area contributed by atoms with E-state index >= 15 is 0 Å². The van der Waals surface area contributed by atoms with Crippen LogP contribution in [-0.2, 0) is 24.2 Å². The Kier molecular flexibility index (Phi) is 4.22. The van der Waals surface area contributed by atoms with Crippen molar-refractivity contribution in [2.24, 2.45) is 5.92 Å². The molecule has 1 saturated carbocycles. The number of thiazole rings is 1. The van der Waals surface area contributed by atoms with Crippen LogP contribution in [0.5, 0.6) is 0 Å². The van der Waals surface area contributed by atoms with Crippen LogP contribution >= 0.6 is 11.3 Å². The summed E-state index contributed by atoms with van der Waals surface area (Å²) < 4.78 is 7.80. The maximum Gasteiger partial charge on any atom is 0.107 e. The van der Waals surface area contributed by atoms with Crippen molar-refractivity contribution < 1.29 is 4.74 Å². The normalized spacial score (nSPS) is 21.6. The second-order valence-electron chi connectivity index (χ2n) is 6.75. The SMILES string of the molecule is COC[C@@H]1c2c(cnn2CC2CC2)CCN1Cc1nc(C)cs1. The third kappa shape index (κ3) is 3.20. The summed E-state index contributed by atoms with van der Waals surface area (Å²) in [7, 11) is 1.79. The van der Waals surface area contributed by atoms with Gasteiger partial charge in [-0.15, -0.1) is 11.3 Å². The minimum absolute atomic E-state index is 0.286. The van der Waals surface area contributed by atoms with Gasteiger partial charge in [0.1, 0.15) is 5.01 Å². The first-order valence-corrected chi connectivity index (χ1v) is 9.31. The molecular formula is C17H24N4OS. The van der Waals surface area contributed by atoms with Gasteiger partial charge in [0.2, 0.25) is 0 Å². The molecule has 0 unspecified atom stereocenters. The summed E-state index contributed by atoms with van der Waals surface area (Å²) in [4.78, 5) is 7.15. The highest BCUT2D eigenvalue weighted by Crippen LogP contribution is 2.35. The molecule has 0 N–H and O–H groups in total. The topological polar surface area (TPSA) is 43.2 Å². The van der Waals surface area contributed by atoms with E-state index in [0.29, 0.717) is 6.61 Å². The first-order chi connectivity index (χ1) is 11.2. The zero-order valence-corrected chi connectivity index (χ0v) is 14.7. The van der Waals surface area contributed by atoms with Gasteiger partial charge in [-0.1, -0.05) is 0 Å². The Balaban J connectivity index is 1.59. The number of hydrogen-bond acceptors (Lipinski definition) is 5. The highest BCUT2D eigenvalue weighted by molar-refractivity contribution is 7.09. The molecule has 1 atom stereocenters. The summed E-state index contributed by atoms with van der Waals surface area (Å²) in [6.45, 7) is 5.80. The van der Waals surface area contributed by atoms with Gasteiger partial charge in [0.25, 0.3) is 0 Å². The smallest absolute Gasteiger partial charge is 0.107 e. The van der Waals surface area contributed by atoms with E-state index in [0.717, 1.165) is 37.7 Å². The molecule has 0 amide bonds. The van der Waals surface area contributed by atoms with Gasteiger partial charge >= 0.3 is 0 Å². The predicted octanol–water partition coefficient (Wildman–Crippen LogP) is 2.80. The monoisotopic (exact) mass is 332 g/mol. The molecule has 0 bridgehead atoms. The van der Waals surface area contributed by atoms with Crippen molar-refractivity contribution in [1.82, 2.24) is 19.7 Å². The number of ether oxygens (including phenoxy) is 1. The lowest BCUT2D eigenvalue weighted by atomic mass is 10.00. The average molecular weight is 332 g/mol. The Hall–Kier alpha value is -1.24. The summed E-state index contributed by atoms with van der Waals surface area (Å²) in [5.74, 6) is 0.833. The summed E-state index contributed by atoms with van der Waals surface area (Å²) in [6.07, 6.45) is 5.85. The molecule has 2 aromatic heterocycles. The lowest BCUT2D eigenvalue weighted by molar-refractivity contribution is 0.0724. The van der Waals surface area contributed by atoms with Crippen LogP contribution < -0.4 is 0 Å². The number of methoxy groups -OCH3 is 1. The van der Waals surface area contributed by atoms with Crippen LogP contribution in [0.1, 0.15) is 40.8 Å². The van der Waals surface area contributed by atoms with E-state index in [2.05, 4.69) is 38.2 Å². The fourth-order valence-electron chi connectivity index (χ4n) is 3.48. The van der Waals surface area contributed by atoms with E-state index < -0.39 is 0 Å². The van der Waals surface area contributed by atoms with E-state index in [-0.39, 0.29) is 6.04 Å². The Morgan fingerprint density at radius 1 is 1.39 bits per heavy atom. The lowest BCUT2D eigenvalue weighted by Crippen LogP contribution is -2.38. The number of fused-ring (bicyclic) bond motifs is 1. The fourth-order valence-corrected chi connectivity index (χ4v) is 4.27. The lowest BCUT2D eigenvalue weighted by Gasteiger charge is -2.35. The first-order valence-electron chi connectivity index (χ1n) is 8.43. The fraction of sp³-hybridized carbons (Fsp3) is 0.647. The van der Waals surface area contributed by atoms with Crippen molar-refractivity contribution >= 4 is 11.3 Å². The molecule has 2 aromatic rings. The molecule has 5 nitrogen and oxygen atoms in total. The highest BCUT2D eigenvalue weighted by Gasteiger charge is 2.33. The number of nitrogens with zero attached hydrogens (tertiary/aromatic N) is 4. The quantitative estimate of drug-likeness (QED) is 0.816. The van der Waals surface area contributed by atoms with Crippen molar-refractivity contribution in [2.75, 3.05) is 20.3 Å². The van der Waals surface area contributed by atoms with Crippen molar-refractivity contribution in [3.63, 3.8) is 0 Å². The van der Waals surface area contributed by atoms with Gasteiger partial charge in [-0.3, -0.25) is 9.58 Å². The standard InChI is InChI=1S/C17H24N4OS/c1-12-11-23-16(19-12)9-20-6-5-14-7-18-21(8-13-3-4-13)17(14)15(20)10-22-2/h7,11,13,15H,3-6,8-10H2,1-2H3/t15-/m1/s1. The van der Waals surface area contributed by atoms with Gasteiger partial charge in [-0.25, -0.2) is 4.98 Å². The minimum atomic E-state index is 0.286. The number of aryl methyl sites for hydroxylation is 1. The third-order valence-corrected chi connectivity index (χ3v) is 5.79. The largest absolute Gasteiger partial charge is 0.383 e. The zero-order chi connectivity index (χ0) is 15.8. The molecule has 0 spiro atoms. The third-order valence-electron chi connectivity index (χ3n) is 4.84. The Bertz CT molecular complexity index is 676. The molecule has 0 radical (unpaired) electrons. The minimum Gasteiger partial charge on any atom is -0.383 e. The van der Waals surface area contributed by atoms with Gasteiger partial charge in [-0.05, 0) is 37.7 Å². The highest BCUT2D eigenvalue weighted by atomic mass is 32.1. The van der Waals surface area contributed by atoms with Crippen molar-refractivity contribution in [3.05, 3.63) is 33.5 Å². The van der Waals surface area contributed by atoms with Crippen LogP contribution in [0.2, 0.25) is 0 Å². The number of hydrogen-bond donors (Lipinski definition) is 0. The van der Waals surface area contributed by atoms with Gasteiger partial charge in [0, 0.05) is 31.3 Å². The molecule has 4 rings (SSSR count). The Morgan fingerprint density at radius 3 is 2.96 bits per heavy atom. The molecule has 3 heterocycles. The average Bonchev–Trinajstić information content (AvgIpc) is 3.12. The molecule has 23 heavy (non-hydrogen) atoms. The second-order valence-corrected chi connectivity index (χ2v) is 7.70. The Labute approximate surface area is 141 Å². The molecule has 1 aliphatic carbocycles. The van der Waals surface area contributed by atoms with Gasteiger partial charge in [0.15, 0.2) is 0 Å².